The van der Waals surface area contributed by atoms with E-state index in [1.807, 2.05) is 30.3 Å². The molecule has 0 radical (unpaired) electrons. The standard InChI is InChI=1S/C17H16N4O2/c1-4-8-22-14-7-5-6-13(9-14)11-19-21-17-15(10-18)20-16(23-17)12(2)3/h4-7,9,11,21H,1-2,8H2,3H3/b19-11+. The molecule has 2 rings (SSSR count). The molecule has 0 atom stereocenters. The molecule has 6 nitrogen and oxygen atoms in total. The Morgan fingerprint density at radius 2 is 2.39 bits per heavy atom. The highest BCUT2D eigenvalue weighted by Gasteiger charge is 2.12. The zero-order chi connectivity index (χ0) is 16.7. The summed E-state index contributed by atoms with van der Waals surface area (Å²) in [5, 5.41) is 13.1. The summed E-state index contributed by atoms with van der Waals surface area (Å²) in [6, 6.07) is 9.35. The Labute approximate surface area is 134 Å². The predicted octanol–water partition coefficient (Wildman–Crippen LogP) is 3.59. The molecule has 0 aliphatic heterocycles. The third-order valence-corrected chi connectivity index (χ3v) is 2.70. The topological polar surface area (TPSA) is 83.4 Å². The SMILES string of the molecule is C=CCOc1cccc(/C=N/Nc2oc(C(=C)C)nc2C#N)c1. The third kappa shape index (κ3) is 4.32. The van der Waals surface area contributed by atoms with Crippen LogP contribution in [0.1, 0.15) is 24.1 Å². The lowest BCUT2D eigenvalue weighted by atomic mass is 10.2. The largest absolute Gasteiger partial charge is 0.490 e. The maximum atomic E-state index is 9.03. The minimum absolute atomic E-state index is 0.128. The summed E-state index contributed by atoms with van der Waals surface area (Å²) in [4.78, 5) is 4.01. The minimum Gasteiger partial charge on any atom is -0.490 e. The van der Waals surface area contributed by atoms with Crippen LogP contribution in [0.5, 0.6) is 5.75 Å². The van der Waals surface area contributed by atoms with Gasteiger partial charge in [-0.05, 0) is 24.6 Å². The van der Waals surface area contributed by atoms with E-state index in [-0.39, 0.29) is 11.6 Å². The number of anilines is 1. The molecule has 1 N–H and O–H groups in total. The molecule has 0 unspecified atom stereocenters. The second-order valence-electron chi connectivity index (χ2n) is 4.63. The van der Waals surface area contributed by atoms with Gasteiger partial charge in [-0.25, -0.2) is 5.43 Å². The van der Waals surface area contributed by atoms with Gasteiger partial charge < -0.3 is 9.15 Å². The van der Waals surface area contributed by atoms with Gasteiger partial charge in [-0.3, -0.25) is 0 Å². The molecule has 0 aliphatic carbocycles. The van der Waals surface area contributed by atoms with Crippen LogP contribution in [0, 0.1) is 11.3 Å². The number of nitrogens with one attached hydrogen (secondary N) is 1. The number of allylic oxidation sites excluding steroid dienone is 1. The molecule has 6 heteroatoms. The van der Waals surface area contributed by atoms with Crippen molar-refractivity contribution in [3.63, 3.8) is 0 Å². The number of ether oxygens (including phenoxy) is 1. The number of nitriles is 1. The Balaban J connectivity index is 2.08. The molecule has 1 aromatic heterocycles. The molecule has 1 heterocycles. The summed E-state index contributed by atoms with van der Waals surface area (Å²) in [5.74, 6) is 1.20. The van der Waals surface area contributed by atoms with Crippen molar-refractivity contribution in [1.82, 2.24) is 4.98 Å². The fourth-order valence-corrected chi connectivity index (χ4v) is 1.66. The average Bonchev–Trinajstić information content (AvgIpc) is 2.97. The first-order valence-corrected chi connectivity index (χ1v) is 6.83. The molecular weight excluding hydrogens is 292 g/mol. The molecule has 0 aliphatic rings. The van der Waals surface area contributed by atoms with Crippen LogP contribution >= 0.6 is 0 Å². The van der Waals surface area contributed by atoms with E-state index in [1.165, 1.54) is 0 Å². The fourth-order valence-electron chi connectivity index (χ4n) is 1.66. The fraction of sp³-hybridized carbons (Fsp3) is 0.118. The summed E-state index contributed by atoms with van der Waals surface area (Å²) in [6.07, 6.45) is 3.26. The van der Waals surface area contributed by atoms with Crippen molar-refractivity contribution in [2.75, 3.05) is 12.0 Å². The number of rotatable bonds is 7. The van der Waals surface area contributed by atoms with Gasteiger partial charge in [-0.15, -0.1) is 0 Å². The van der Waals surface area contributed by atoms with Crippen molar-refractivity contribution in [3.8, 4) is 11.8 Å². The van der Waals surface area contributed by atoms with Crippen molar-refractivity contribution in [2.45, 2.75) is 6.92 Å². The maximum absolute atomic E-state index is 9.03. The van der Waals surface area contributed by atoms with Crippen LogP contribution in [0.25, 0.3) is 5.57 Å². The first-order valence-electron chi connectivity index (χ1n) is 6.83. The average molecular weight is 308 g/mol. The van der Waals surface area contributed by atoms with Gasteiger partial charge in [-0.2, -0.15) is 15.3 Å². The van der Waals surface area contributed by atoms with E-state index in [4.69, 9.17) is 14.4 Å². The number of hydrogen-bond acceptors (Lipinski definition) is 6. The molecule has 116 valence electrons. The number of hydrogen-bond donors (Lipinski definition) is 1. The van der Waals surface area contributed by atoms with Gasteiger partial charge >= 0.3 is 0 Å². The minimum atomic E-state index is 0.128. The lowest BCUT2D eigenvalue weighted by molar-refractivity contribution is 0.363. The highest BCUT2D eigenvalue weighted by molar-refractivity contribution is 5.80. The van der Waals surface area contributed by atoms with Gasteiger partial charge in [0.15, 0.2) is 0 Å². The van der Waals surface area contributed by atoms with Gasteiger partial charge in [0.1, 0.15) is 18.4 Å². The number of aromatic nitrogens is 1. The van der Waals surface area contributed by atoms with E-state index >= 15 is 0 Å². The van der Waals surface area contributed by atoms with Gasteiger partial charge in [0.25, 0.3) is 5.88 Å². The highest BCUT2D eigenvalue weighted by atomic mass is 16.5. The summed E-state index contributed by atoms with van der Waals surface area (Å²) >= 11 is 0. The molecule has 23 heavy (non-hydrogen) atoms. The van der Waals surface area contributed by atoms with Gasteiger partial charge in [-0.1, -0.05) is 31.4 Å². The normalized spacial score (nSPS) is 10.3. The number of hydrazone groups is 1. The lowest BCUT2D eigenvalue weighted by Crippen LogP contribution is -1.94. The van der Waals surface area contributed by atoms with Crippen LogP contribution < -0.4 is 10.2 Å². The highest BCUT2D eigenvalue weighted by Crippen LogP contribution is 2.20. The molecule has 0 fully saturated rings. The molecule has 0 amide bonds. The Hall–Kier alpha value is -3.33. The number of benzene rings is 1. The second-order valence-corrected chi connectivity index (χ2v) is 4.63. The first kappa shape index (κ1) is 16.0. The van der Waals surface area contributed by atoms with Crippen LogP contribution in [0.2, 0.25) is 0 Å². The van der Waals surface area contributed by atoms with E-state index in [2.05, 4.69) is 28.7 Å². The Morgan fingerprint density at radius 1 is 1.57 bits per heavy atom. The van der Waals surface area contributed by atoms with Crippen molar-refractivity contribution < 1.29 is 9.15 Å². The van der Waals surface area contributed by atoms with Crippen LogP contribution in [0.3, 0.4) is 0 Å². The van der Waals surface area contributed by atoms with Gasteiger partial charge in [0.2, 0.25) is 11.6 Å². The van der Waals surface area contributed by atoms with E-state index in [1.54, 1.807) is 19.2 Å². The number of nitrogens with zero attached hydrogens (tertiary/aromatic N) is 3. The molecule has 0 bridgehead atoms. The second kappa shape index (κ2) is 7.61. The van der Waals surface area contributed by atoms with Crippen molar-refractivity contribution in [1.29, 1.82) is 5.26 Å². The van der Waals surface area contributed by atoms with E-state index in [0.29, 0.717) is 18.1 Å². The Kier molecular flexibility index (Phi) is 5.31. The molecular formula is C17H16N4O2. The molecule has 0 saturated carbocycles. The quantitative estimate of drug-likeness (QED) is 0.480. The molecule has 0 spiro atoms. The van der Waals surface area contributed by atoms with E-state index < -0.39 is 0 Å². The van der Waals surface area contributed by atoms with Crippen molar-refractivity contribution >= 4 is 17.7 Å². The third-order valence-electron chi connectivity index (χ3n) is 2.70. The summed E-state index contributed by atoms with van der Waals surface area (Å²) in [5.41, 5.74) is 4.26. The lowest BCUT2D eigenvalue weighted by Gasteiger charge is -2.03. The first-order chi connectivity index (χ1) is 11.1. The molecule has 2 aromatic rings. The summed E-state index contributed by atoms with van der Waals surface area (Å²) in [7, 11) is 0. The zero-order valence-electron chi connectivity index (χ0n) is 12.7. The Bertz CT molecular complexity index is 784. The molecule has 1 aromatic carbocycles. The zero-order valence-corrected chi connectivity index (χ0v) is 12.7. The summed E-state index contributed by atoms with van der Waals surface area (Å²) < 4.78 is 10.8. The van der Waals surface area contributed by atoms with Crippen LogP contribution in [-0.4, -0.2) is 17.8 Å². The maximum Gasteiger partial charge on any atom is 0.252 e. The predicted molar refractivity (Wildman–Crippen MR) is 89.3 cm³/mol. The van der Waals surface area contributed by atoms with Crippen molar-refractivity contribution in [3.05, 3.63) is 60.6 Å². The smallest absolute Gasteiger partial charge is 0.252 e. The van der Waals surface area contributed by atoms with Crippen LogP contribution in [0.15, 0.2) is 53.0 Å². The summed E-state index contributed by atoms with van der Waals surface area (Å²) in [6.45, 7) is 9.51. The Morgan fingerprint density at radius 3 is 3.09 bits per heavy atom. The van der Waals surface area contributed by atoms with Gasteiger partial charge in [0, 0.05) is 5.57 Å². The van der Waals surface area contributed by atoms with Gasteiger partial charge in [0.05, 0.1) is 6.21 Å². The molecule has 0 saturated heterocycles. The van der Waals surface area contributed by atoms with E-state index in [9.17, 15) is 0 Å². The van der Waals surface area contributed by atoms with Crippen LogP contribution in [0.4, 0.5) is 5.88 Å². The van der Waals surface area contributed by atoms with E-state index in [0.717, 1.165) is 11.3 Å². The monoisotopic (exact) mass is 308 g/mol. The van der Waals surface area contributed by atoms with Crippen LogP contribution in [-0.2, 0) is 0 Å². The number of oxazole rings is 1. The van der Waals surface area contributed by atoms with Crippen molar-refractivity contribution in [2.24, 2.45) is 5.10 Å².